The van der Waals surface area contributed by atoms with Crippen LogP contribution in [0.2, 0.25) is 0 Å². The maximum Gasteiger partial charge on any atom is 0.0824 e. The quantitative estimate of drug-likeness (QED) is 0.748. The van der Waals surface area contributed by atoms with Crippen LogP contribution in [0.15, 0.2) is 24.3 Å². The van der Waals surface area contributed by atoms with E-state index in [-0.39, 0.29) is 18.1 Å². The van der Waals surface area contributed by atoms with Crippen LogP contribution in [0.5, 0.6) is 0 Å². The molecule has 0 spiro atoms. The van der Waals surface area contributed by atoms with E-state index in [2.05, 4.69) is 18.2 Å². The molecule has 18 heavy (non-hydrogen) atoms. The van der Waals surface area contributed by atoms with Gasteiger partial charge in [0.15, 0.2) is 0 Å². The minimum Gasteiger partial charge on any atom is -0.393 e. The summed E-state index contributed by atoms with van der Waals surface area (Å²) in [5.74, 6) is 0.539. The van der Waals surface area contributed by atoms with Crippen LogP contribution in [0.4, 0.5) is 0 Å². The molecule has 0 saturated heterocycles. The van der Waals surface area contributed by atoms with Gasteiger partial charge < -0.3 is 10.2 Å². The summed E-state index contributed by atoms with van der Waals surface area (Å²) >= 11 is 0. The van der Waals surface area contributed by atoms with Crippen LogP contribution in [0.1, 0.15) is 49.3 Å². The standard InChI is InChI=1S/C16H22O2/c17-15-10-4-8-13(15)14-9-3-6-11-5-1-2-7-12(11)16(14)18/h1-2,5,7,13-18H,3-4,6,8-10H2. The average Bonchev–Trinajstić information content (AvgIpc) is 2.73. The van der Waals surface area contributed by atoms with E-state index in [0.717, 1.165) is 44.1 Å². The van der Waals surface area contributed by atoms with Crippen LogP contribution in [-0.4, -0.2) is 16.3 Å². The number of rotatable bonds is 1. The maximum absolute atomic E-state index is 10.7. The van der Waals surface area contributed by atoms with Crippen LogP contribution in [0.3, 0.4) is 0 Å². The Morgan fingerprint density at radius 3 is 2.44 bits per heavy atom. The molecule has 2 nitrogen and oxygen atoms in total. The van der Waals surface area contributed by atoms with Gasteiger partial charge in [-0.05, 0) is 55.1 Å². The van der Waals surface area contributed by atoms with E-state index < -0.39 is 0 Å². The van der Waals surface area contributed by atoms with Gasteiger partial charge in [-0.15, -0.1) is 0 Å². The van der Waals surface area contributed by atoms with Crippen molar-refractivity contribution in [2.75, 3.05) is 0 Å². The zero-order valence-electron chi connectivity index (χ0n) is 10.8. The molecule has 0 bridgehead atoms. The van der Waals surface area contributed by atoms with E-state index in [4.69, 9.17) is 0 Å². The Kier molecular flexibility index (Phi) is 3.40. The first kappa shape index (κ1) is 12.2. The molecule has 1 aromatic rings. The van der Waals surface area contributed by atoms with Crippen LogP contribution < -0.4 is 0 Å². The molecule has 0 radical (unpaired) electrons. The second-order valence-electron chi connectivity index (χ2n) is 5.86. The van der Waals surface area contributed by atoms with Crippen LogP contribution in [-0.2, 0) is 6.42 Å². The predicted octanol–water partition coefficient (Wildman–Crippen LogP) is 2.83. The monoisotopic (exact) mass is 246 g/mol. The Morgan fingerprint density at radius 2 is 1.67 bits per heavy atom. The van der Waals surface area contributed by atoms with E-state index in [1.807, 2.05) is 6.07 Å². The zero-order chi connectivity index (χ0) is 12.5. The fourth-order valence-corrected chi connectivity index (χ4v) is 3.88. The summed E-state index contributed by atoms with van der Waals surface area (Å²) in [4.78, 5) is 0. The number of benzene rings is 1. The number of fused-ring (bicyclic) bond motifs is 1. The largest absolute Gasteiger partial charge is 0.393 e. The molecule has 0 aliphatic heterocycles. The van der Waals surface area contributed by atoms with Crippen molar-refractivity contribution in [1.82, 2.24) is 0 Å². The summed E-state index contributed by atoms with van der Waals surface area (Å²) in [6.45, 7) is 0. The van der Waals surface area contributed by atoms with E-state index in [1.165, 1.54) is 5.56 Å². The van der Waals surface area contributed by atoms with Gasteiger partial charge in [0, 0.05) is 0 Å². The van der Waals surface area contributed by atoms with Gasteiger partial charge in [-0.2, -0.15) is 0 Å². The highest BCUT2D eigenvalue weighted by atomic mass is 16.3. The fraction of sp³-hybridized carbons (Fsp3) is 0.625. The Labute approximate surface area is 109 Å². The summed E-state index contributed by atoms with van der Waals surface area (Å²) in [6.07, 6.45) is 5.74. The lowest BCUT2D eigenvalue weighted by Crippen LogP contribution is -2.27. The summed E-state index contributed by atoms with van der Waals surface area (Å²) in [7, 11) is 0. The molecule has 2 N–H and O–H groups in total. The van der Waals surface area contributed by atoms with Crippen molar-refractivity contribution < 1.29 is 10.2 Å². The minimum absolute atomic E-state index is 0.199. The Hall–Kier alpha value is -0.860. The molecule has 0 heterocycles. The third-order valence-electron chi connectivity index (χ3n) is 4.84. The number of aliphatic hydroxyl groups is 2. The molecule has 4 atom stereocenters. The number of aliphatic hydroxyl groups excluding tert-OH is 2. The smallest absolute Gasteiger partial charge is 0.0824 e. The molecule has 1 fully saturated rings. The lowest BCUT2D eigenvalue weighted by Gasteiger charge is -2.29. The van der Waals surface area contributed by atoms with Gasteiger partial charge in [0.05, 0.1) is 12.2 Å². The highest BCUT2D eigenvalue weighted by Crippen LogP contribution is 2.43. The fourth-order valence-electron chi connectivity index (χ4n) is 3.88. The van der Waals surface area contributed by atoms with Crippen molar-refractivity contribution in [2.45, 2.75) is 50.7 Å². The topological polar surface area (TPSA) is 40.5 Å². The van der Waals surface area contributed by atoms with E-state index in [1.54, 1.807) is 0 Å². The molecule has 1 saturated carbocycles. The summed E-state index contributed by atoms with van der Waals surface area (Å²) in [5.41, 5.74) is 2.39. The van der Waals surface area contributed by atoms with E-state index in [9.17, 15) is 10.2 Å². The second-order valence-corrected chi connectivity index (χ2v) is 5.86. The van der Waals surface area contributed by atoms with Crippen LogP contribution in [0, 0.1) is 11.8 Å². The van der Waals surface area contributed by atoms with Gasteiger partial charge in [-0.3, -0.25) is 0 Å². The van der Waals surface area contributed by atoms with Crippen molar-refractivity contribution in [3.63, 3.8) is 0 Å². The zero-order valence-corrected chi connectivity index (χ0v) is 10.8. The van der Waals surface area contributed by atoms with Gasteiger partial charge in [-0.1, -0.05) is 30.7 Å². The molecule has 0 amide bonds. The Balaban J connectivity index is 1.89. The predicted molar refractivity (Wildman–Crippen MR) is 71.2 cm³/mol. The molecule has 4 unspecified atom stereocenters. The minimum atomic E-state index is -0.388. The van der Waals surface area contributed by atoms with Crippen molar-refractivity contribution in [2.24, 2.45) is 11.8 Å². The highest BCUT2D eigenvalue weighted by molar-refractivity contribution is 5.30. The van der Waals surface area contributed by atoms with Gasteiger partial charge in [0.25, 0.3) is 0 Å². The van der Waals surface area contributed by atoms with Crippen LogP contribution in [0.25, 0.3) is 0 Å². The first-order valence-electron chi connectivity index (χ1n) is 7.21. The summed E-state index contributed by atoms with van der Waals surface area (Å²) in [5, 5.41) is 20.8. The third-order valence-corrected chi connectivity index (χ3v) is 4.84. The van der Waals surface area contributed by atoms with Crippen LogP contribution >= 0.6 is 0 Å². The third kappa shape index (κ3) is 2.08. The summed E-state index contributed by atoms with van der Waals surface area (Å²) in [6, 6.07) is 8.25. The highest BCUT2D eigenvalue weighted by Gasteiger charge is 2.38. The number of hydrogen-bond acceptors (Lipinski definition) is 2. The normalized spacial score (nSPS) is 36.1. The molecule has 2 aliphatic carbocycles. The first-order valence-corrected chi connectivity index (χ1v) is 7.21. The van der Waals surface area contributed by atoms with Gasteiger partial charge in [-0.25, -0.2) is 0 Å². The Morgan fingerprint density at radius 1 is 0.889 bits per heavy atom. The van der Waals surface area contributed by atoms with Crippen molar-refractivity contribution >= 4 is 0 Å². The maximum atomic E-state index is 10.7. The number of hydrogen-bond donors (Lipinski definition) is 2. The number of aryl methyl sites for hydroxylation is 1. The molecule has 3 rings (SSSR count). The van der Waals surface area contributed by atoms with Gasteiger partial charge in [0.1, 0.15) is 0 Å². The molecule has 2 aliphatic rings. The molecule has 1 aromatic carbocycles. The lowest BCUT2D eigenvalue weighted by atomic mass is 9.80. The first-order chi connectivity index (χ1) is 8.77. The molecule has 2 heteroatoms. The molecular weight excluding hydrogens is 224 g/mol. The van der Waals surface area contributed by atoms with Crippen molar-refractivity contribution in [3.05, 3.63) is 35.4 Å². The van der Waals surface area contributed by atoms with Gasteiger partial charge in [0.2, 0.25) is 0 Å². The van der Waals surface area contributed by atoms with E-state index in [0.29, 0.717) is 5.92 Å². The summed E-state index contributed by atoms with van der Waals surface area (Å²) < 4.78 is 0. The molecule has 98 valence electrons. The van der Waals surface area contributed by atoms with E-state index >= 15 is 0 Å². The van der Waals surface area contributed by atoms with Gasteiger partial charge >= 0.3 is 0 Å². The average molecular weight is 246 g/mol. The van der Waals surface area contributed by atoms with Crippen molar-refractivity contribution in [1.29, 1.82) is 0 Å². The Bertz CT molecular complexity index is 415. The SMILES string of the molecule is OC1CCCC1C1CCCc2ccccc2C1O. The lowest BCUT2D eigenvalue weighted by molar-refractivity contribution is 0.0184. The molecule has 0 aromatic heterocycles. The second kappa shape index (κ2) is 5.02. The molecular formula is C16H22O2. The van der Waals surface area contributed by atoms with Crippen molar-refractivity contribution in [3.8, 4) is 0 Å².